The zero-order chi connectivity index (χ0) is 11.6. The van der Waals surface area contributed by atoms with Crippen LogP contribution in [-0.4, -0.2) is 0 Å². The Balaban J connectivity index is 3.27. The first-order valence-corrected chi connectivity index (χ1v) is 5.04. The second kappa shape index (κ2) is 4.25. The standard InChI is InChI=1S/C12H15F3/c1-4-9(3)10-7-8(2)5-6-11(10)12(13,14)15/h5-7,9H,4H2,1-3H3. The summed E-state index contributed by atoms with van der Waals surface area (Å²) in [6.45, 7) is 5.53. The molecule has 0 spiro atoms. The van der Waals surface area contributed by atoms with E-state index >= 15 is 0 Å². The molecule has 1 aromatic carbocycles. The molecule has 0 radical (unpaired) electrons. The predicted molar refractivity (Wildman–Crippen MR) is 54.9 cm³/mol. The van der Waals surface area contributed by atoms with Gasteiger partial charge in [0.05, 0.1) is 5.56 Å². The van der Waals surface area contributed by atoms with Crippen LogP contribution >= 0.6 is 0 Å². The molecule has 1 atom stereocenters. The van der Waals surface area contributed by atoms with E-state index in [-0.39, 0.29) is 5.92 Å². The van der Waals surface area contributed by atoms with E-state index in [1.54, 1.807) is 6.07 Å². The summed E-state index contributed by atoms with van der Waals surface area (Å²) in [5.41, 5.74) is 0.783. The predicted octanol–water partition coefficient (Wildman–Crippen LogP) is 4.53. The van der Waals surface area contributed by atoms with Gasteiger partial charge < -0.3 is 0 Å². The van der Waals surface area contributed by atoms with Gasteiger partial charge in [0.2, 0.25) is 0 Å². The largest absolute Gasteiger partial charge is 0.416 e. The Morgan fingerprint density at radius 2 is 1.87 bits per heavy atom. The molecule has 1 unspecified atom stereocenters. The Kier molecular flexibility index (Phi) is 3.42. The van der Waals surface area contributed by atoms with E-state index in [0.29, 0.717) is 12.0 Å². The molecular formula is C12H15F3. The molecule has 1 aromatic rings. The third-order valence-corrected chi connectivity index (χ3v) is 2.66. The second-order valence-electron chi connectivity index (χ2n) is 3.90. The average molecular weight is 216 g/mol. The van der Waals surface area contributed by atoms with Crippen molar-refractivity contribution in [3.8, 4) is 0 Å². The smallest absolute Gasteiger partial charge is 0.166 e. The van der Waals surface area contributed by atoms with Crippen molar-refractivity contribution in [2.24, 2.45) is 0 Å². The van der Waals surface area contributed by atoms with Crippen LogP contribution in [0.25, 0.3) is 0 Å². The fourth-order valence-electron chi connectivity index (χ4n) is 1.57. The number of halogens is 3. The molecule has 0 fully saturated rings. The highest BCUT2D eigenvalue weighted by molar-refractivity contribution is 5.35. The Bertz CT molecular complexity index is 339. The number of hydrogen-bond donors (Lipinski definition) is 0. The minimum atomic E-state index is -4.24. The van der Waals surface area contributed by atoms with Crippen molar-refractivity contribution in [2.75, 3.05) is 0 Å². The lowest BCUT2D eigenvalue weighted by Gasteiger charge is -2.17. The molecule has 3 heteroatoms. The Hall–Kier alpha value is -0.990. The van der Waals surface area contributed by atoms with Gasteiger partial charge in [-0.3, -0.25) is 0 Å². The highest BCUT2D eigenvalue weighted by Gasteiger charge is 2.33. The maximum absolute atomic E-state index is 12.7. The lowest BCUT2D eigenvalue weighted by Crippen LogP contribution is -2.11. The first-order chi connectivity index (χ1) is 6.86. The summed E-state index contributed by atoms with van der Waals surface area (Å²) in [6, 6.07) is 4.32. The summed E-state index contributed by atoms with van der Waals surface area (Å²) in [5, 5.41) is 0. The van der Waals surface area contributed by atoms with Crippen molar-refractivity contribution >= 4 is 0 Å². The molecule has 0 aliphatic carbocycles. The highest BCUT2D eigenvalue weighted by atomic mass is 19.4. The molecule has 15 heavy (non-hydrogen) atoms. The van der Waals surface area contributed by atoms with Crippen LogP contribution in [0.3, 0.4) is 0 Å². The molecule has 1 rings (SSSR count). The van der Waals surface area contributed by atoms with E-state index in [0.717, 1.165) is 5.56 Å². The van der Waals surface area contributed by atoms with E-state index < -0.39 is 11.7 Å². The lowest BCUT2D eigenvalue weighted by atomic mass is 9.92. The van der Waals surface area contributed by atoms with Crippen LogP contribution in [0.5, 0.6) is 0 Å². The molecular weight excluding hydrogens is 201 g/mol. The number of alkyl halides is 3. The van der Waals surface area contributed by atoms with Gasteiger partial charge in [0.25, 0.3) is 0 Å². The third-order valence-electron chi connectivity index (χ3n) is 2.66. The van der Waals surface area contributed by atoms with E-state index in [1.165, 1.54) is 12.1 Å². The first-order valence-electron chi connectivity index (χ1n) is 5.04. The monoisotopic (exact) mass is 216 g/mol. The molecule has 0 aromatic heterocycles. The lowest BCUT2D eigenvalue weighted by molar-refractivity contribution is -0.138. The molecule has 0 nitrogen and oxygen atoms in total. The van der Waals surface area contributed by atoms with Crippen LogP contribution in [0.15, 0.2) is 18.2 Å². The molecule has 0 aliphatic heterocycles. The number of benzene rings is 1. The minimum Gasteiger partial charge on any atom is -0.166 e. The summed E-state index contributed by atoms with van der Waals surface area (Å²) < 4.78 is 38.0. The summed E-state index contributed by atoms with van der Waals surface area (Å²) in [5.74, 6) is -0.0541. The van der Waals surface area contributed by atoms with Crippen molar-refractivity contribution in [3.63, 3.8) is 0 Å². The van der Waals surface area contributed by atoms with Gasteiger partial charge in [0.15, 0.2) is 0 Å². The van der Waals surface area contributed by atoms with Gasteiger partial charge in [-0.2, -0.15) is 13.2 Å². The SMILES string of the molecule is CCC(C)c1cc(C)ccc1C(F)(F)F. The van der Waals surface area contributed by atoms with Crippen LogP contribution < -0.4 is 0 Å². The zero-order valence-electron chi connectivity index (χ0n) is 9.15. The molecule has 0 amide bonds. The number of aryl methyl sites for hydroxylation is 1. The normalized spacial score (nSPS) is 14.0. The molecule has 0 bridgehead atoms. The third kappa shape index (κ3) is 2.74. The zero-order valence-corrected chi connectivity index (χ0v) is 9.15. The molecule has 0 N–H and O–H groups in total. The Morgan fingerprint density at radius 3 is 2.33 bits per heavy atom. The number of rotatable bonds is 2. The Labute approximate surface area is 88.1 Å². The van der Waals surface area contributed by atoms with E-state index in [9.17, 15) is 13.2 Å². The van der Waals surface area contributed by atoms with Crippen molar-refractivity contribution in [1.29, 1.82) is 0 Å². The first kappa shape index (κ1) is 12.1. The van der Waals surface area contributed by atoms with Crippen molar-refractivity contribution < 1.29 is 13.2 Å². The van der Waals surface area contributed by atoms with Crippen LogP contribution in [0.1, 0.15) is 42.9 Å². The molecule has 0 aliphatic rings. The van der Waals surface area contributed by atoms with Crippen LogP contribution in [0.4, 0.5) is 13.2 Å². The highest BCUT2D eigenvalue weighted by Crippen LogP contribution is 2.36. The fraction of sp³-hybridized carbons (Fsp3) is 0.500. The van der Waals surface area contributed by atoms with E-state index in [4.69, 9.17) is 0 Å². The topological polar surface area (TPSA) is 0 Å². The van der Waals surface area contributed by atoms with Gasteiger partial charge in [0, 0.05) is 0 Å². The average Bonchev–Trinajstić information content (AvgIpc) is 2.14. The quantitative estimate of drug-likeness (QED) is 0.681. The second-order valence-corrected chi connectivity index (χ2v) is 3.90. The molecule has 0 heterocycles. The van der Waals surface area contributed by atoms with Crippen LogP contribution in [0, 0.1) is 6.92 Å². The summed E-state index contributed by atoms with van der Waals surface area (Å²) in [7, 11) is 0. The molecule has 84 valence electrons. The summed E-state index contributed by atoms with van der Waals surface area (Å²) in [4.78, 5) is 0. The van der Waals surface area contributed by atoms with Crippen LogP contribution in [0.2, 0.25) is 0 Å². The van der Waals surface area contributed by atoms with Gasteiger partial charge in [0.1, 0.15) is 0 Å². The summed E-state index contributed by atoms with van der Waals surface area (Å²) in [6.07, 6.45) is -3.53. The Morgan fingerprint density at radius 1 is 1.27 bits per heavy atom. The van der Waals surface area contributed by atoms with Gasteiger partial charge in [-0.25, -0.2) is 0 Å². The fourth-order valence-corrected chi connectivity index (χ4v) is 1.57. The number of hydrogen-bond acceptors (Lipinski definition) is 0. The van der Waals surface area contributed by atoms with Crippen molar-refractivity contribution in [3.05, 3.63) is 34.9 Å². The van der Waals surface area contributed by atoms with Gasteiger partial charge >= 0.3 is 6.18 Å². The minimum absolute atomic E-state index is 0.0541. The van der Waals surface area contributed by atoms with Crippen molar-refractivity contribution in [2.45, 2.75) is 39.3 Å². The van der Waals surface area contributed by atoms with Crippen LogP contribution in [-0.2, 0) is 6.18 Å². The molecule has 0 saturated heterocycles. The maximum Gasteiger partial charge on any atom is 0.416 e. The van der Waals surface area contributed by atoms with E-state index in [1.807, 2.05) is 20.8 Å². The van der Waals surface area contributed by atoms with Crippen molar-refractivity contribution in [1.82, 2.24) is 0 Å². The summed E-state index contributed by atoms with van der Waals surface area (Å²) >= 11 is 0. The van der Waals surface area contributed by atoms with Gasteiger partial charge in [-0.15, -0.1) is 0 Å². The van der Waals surface area contributed by atoms with Gasteiger partial charge in [-0.05, 0) is 30.9 Å². The maximum atomic E-state index is 12.7. The van der Waals surface area contributed by atoms with E-state index in [2.05, 4.69) is 0 Å². The molecule has 0 saturated carbocycles. The van der Waals surface area contributed by atoms with Gasteiger partial charge in [-0.1, -0.05) is 31.5 Å².